The second-order valence-electron chi connectivity index (χ2n) is 3.76. The number of carbonyl (C=O) groups is 2. The van der Waals surface area contributed by atoms with E-state index >= 15 is 0 Å². The average Bonchev–Trinajstić information content (AvgIpc) is 2.15. The van der Waals surface area contributed by atoms with E-state index in [0.29, 0.717) is 0 Å². The van der Waals surface area contributed by atoms with Gasteiger partial charge in [0.05, 0.1) is 31.1 Å². The van der Waals surface area contributed by atoms with Gasteiger partial charge in [0.2, 0.25) is 5.91 Å². The van der Waals surface area contributed by atoms with Crippen molar-refractivity contribution in [3.63, 3.8) is 0 Å². The zero-order valence-corrected chi connectivity index (χ0v) is 8.53. The standard InChI is InChI=1S/C9H15NO4/c1-5(11)9(2)6(10-8(9)13)4-7(12)14-3/h5-6,11H,4H2,1-3H3,(H,10,13). The maximum absolute atomic E-state index is 11.3. The fraction of sp³-hybridized carbons (Fsp3) is 0.778. The molecule has 5 nitrogen and oxygen atoms in total. The Morgan fingerprint density at radius 1 is 1.79 bits per heavy atom. The molecule has 0 aromatic heterocycles. The normalized spacial score (nSPS) is 32.9. The predicted molar refractivity (Wildman–Crippen MR) is 48.4 cm³/mol. The molecule has 0 saturated carbocycles. The first-order valence-corrected chi connectivity index (χ1v) is 4.48. The highest BCUT2D eigenvalue weighted by Gasteiger charge is 2.55. The number of hydrogen-bond donors (Lipinski definition) is 2. The van der Waals surface area contributed by atoms with E-state index in [9.17, 15) is 14.7 Å². The Bertz CT molecular complexity index is 264. The minimum Gasteiger partial charge on any atom is -0.469 e. The second kappa shape index (κ2) is 3.57. The first-order valence-electron chi connectivity index (χ1n) is 4.48. The molecule has 0 aliphatic carbocycles. The number of hydrogen-bond acceptors (Lipinski definition) is 4. The van der Waals surface area contributed by atoms with Crippen LogP contribution in [0, 0.1) is 5.41 Å². The minimum absolute atomic E-state index is 0.101. The Morgan fingerprint density at radius 3 is 2.71 bits per heavy atom. The molecule has 3 atom stereocenters. The lowest BCUT2D eigenvalue weighted by Crippen LogP contribution is -2.70. The Kier molecular flexibility index (Phi) is 2.80. The fourth-order valence-corrected chi connectivity index (χ4v) is 1.54. The largest absolute Gasteiger partial charge is 0.469 e. The van der Waals surface area contributed by atoms with Crippen LogP contribution in [0.1, 0.15) is 20.3 Å². The van der Waals surface area contributed by atoms with Gasteiger partial charge in [-0.2, -0.15) is 0 Å². The summed E-state index contributed by atoms with van der Waals surface area (Å²) in [6.07, 6.45) is -0.671. The van der Waals surface area contributed by atoms with Crippen LogP contribution in [0.4, 0.5) is 0 Å². The molecule has 1 aliphatic heterocycles. The van der Waals surface area contributed by atoms with E-state index in [1.165, 1.54) is 7.11 Å². The van der Waals surface area contributed by atoms with Gasteiger partial charge in [-0.1, -0.05) is 0 Å². The highest BCUT2D eigenvalue weighted by Crippen LogP contribution is 2.36. The number of rotatable bonds is 3. The van der Waals surface area contributed by atoms with E-state index in [2.05, 4.69) is 10.1 Å². The molecule has 0 aromatic rings. The van der Waals surface area contributed by atoms with Gasteiger partial charge in [0, 0.05) is 0 Å². The molecule has 1 amide bonds. The minimum atomic E-state index is -0.867. The smallest absolute Gasteiger partial charge is 0.307 e. The van der Waals surface area contributed by atoms with Crippen molar-refractivity contribution in [2.75, 3.05) is 7.11 Å². The third-order valence-corrected chi connectivity index (χ3v) is 2.98. The highest BCUT2D eigenvalue weighted by molar-refractivity contribution is 5.91. The zero-order valence-electron chi connectivity index (χ0n) is 8.53. The lowest BCUT2D eigenvalue weighted by Gasteiger charge is -2.47. The Morgan fingerprint density at radius 2 is 2.36 bits per heavy atom. The van der Waals surface area contributed by atoms with Gasteiger partial charge in [-0.3, -0.25) is 9.59 Å². The van der Waals surface area contributed by atoms with Gasteiger partial charge >= 0.3 is 5.97 Å². The van der Waals surface area contributed by atoms with Gasteiger partial charge in [-0.25, -0.2) is 0 Å². The second-order valence-corrected chi connectivity index (χ2v) is 3.76. The molecule has 0 aromatic carbocycles. The lowest BCUT2D eigenvalue weighted by atomic mass is 9.69. The van der Waals surface area contributed by atoms with Gasteiger partial charge in [-0.15, -0.1) is 0 Å². The SMILES string of the molecule is COC(=O)CC1NC(=O)C1(C)C(C)O. The molecule has 1 fully saturated rings. The molecule has 14 heavy (non-hydrogen) atoms. The van der Waals surface area contributed by atoms with Crippen LogP contribution >= 0.6 is 0 Å². The Hall–Kier alpha value is -1.10. The number of ether oxygens (including phenoxy) is 1. The number of methoxy groups -OCH3 is 1. The van der Waals surface area contributed by atoms with Crippen LogP contribution in [-0.4, -0.2) is 36.2 Å². The molecule has 2 N–H and O–H groups in total. The summed E-state index contributed by atoms with van der Waals surface area (Å²) < 4.78 is 4.49. The van der Waals surface area contributed by atoms with Crippen molar-refractivity contribution in [1.29, 1.82) is 0 Å². The van der Waals surface area contributed by atoms with Crippen LogP contribution < -0.4 is 5.32 Å². The summed E-state index contributed by atoms with van der Waals surface area (Å²) in [6.45, 7) is 3.19. The van der Waals surface area contributed by atoms with Gasteiger partial charge in [-0.05, 0) is 13.8 Å². The van der Waals surface area contributed by atoms with Crippen LogP contribution in [0.25, 0.3) is 0 Å². The van der Waals surface area contributed by atoms with Crippen LogP contribution in [0.15, 0.2) is 0 Å². The van der Waals surface area contributed by atoms with Crippen molar-refractivity contribution in [3.05, 3.63) is 0 Å². The van der Waals surface area contributed by atoms with Crippen LogP contribution in [-0.2, 0) is 14.3 Å². The van der Waals surface area contributed by atoms with Gasteiger partial charge in [0.1, 0.15) is 0 Å². The van der Waals surface area contributed by atoms with Crippen molar-refractivity contribution in [3.8, 4) is 0 Å². The maximum atomic E-state index is 11.3. The average molecular weight is 201 g/mol. The van der Waals surface area contributed by atoms with Crippen molar-refractivity contribution < 1.29 is 19.4 Å². The van der Waals surface area contributed by atoms with Crippen LogP contribution in [0.3, 0.4) is 0 Å². The summed E-state index contributed by atoms with van der Waals surface area (Å²) in [5.41, 5.74) is -0.867. The molecule has 1 rings (SSSR count). The monoisotopic (exact) mass is 201 g/mol. The molecule has 80 valence electrons. The molecular weight excluding hydrogens is 186 g/mol. The summed E-state index contributed by atoms with van der Waals surface area (Å²) in [4.78, 5) is 22.2. The third-order valence-electron chi connectivity index (χ3n) is 2.98. The van der Waals surface area contributed by atoms with E-state index in [-0.39, 0.29) is 24.3 Å². The van der Waals surface area contributed by atoms with Gasteiger partial charge < -0.3 is 15.2 Å². The first-order chi connectivity index (χ1) is 6.42. The molecule has 1 heterocycles. The molecular formula is C9H15NO4. The van der Waals surface area contributed by atoms with E-state index in [1.807, 2.05) is 0 Å². The zero-order chi connectivity index (χ0) is 10.9. The highest BCUT2D eigenvalue weighted by atomic mass is 16.5. The number of carbonyl (C=O) groups excluding carboxylic acids is 2. The molecule has 5 heteroatoms. The number of aliphatic hydroxyl groups excluding tert-OH is 1. The summed E-state index contributed by atoms with van der Waals surface area (Å²) in [6, 6.07) is -0.331. The molecule has 3 unspecified atom stereocenters. The summed E-state index contributed by atoms with van der Waals surface area (Å²) >= 11 is 0. The molecule has 0 bridgehead atoms. The lowest BCUT2D eigenvalue weighted by molar-refractivity contribution is -0.159. The van der Waals surface area contributed by atoms with E-state index < -0.39 is 11.5 Å². The quantitative estimate of drug-likeness (QED) is 0.474. The Labute approximate surface area is 82.4 Å². The van der Waals surface area contributed by atoms with E-state index in [1.54, 1.807) is 13.8 Å². The molecule has 0 radical (unpaired) electrons. The van der Waals surface area contributed by atoms with Gasteiger partial charge in [0.25, 0.3) is 0 Å². The molecule has 1 aliphatic rings. The van der Waals surface area contributed by atoms with E-state index in [0.717, 1.165) is 0 Å². The van der Waals surface area contributed by atoms with Crippen molar-refractivity contribution in [1.82, 2.24) is 5.32 Å². The van der Waals surface area contributed by atoms with Gasteiger partial charge in [0.15, 0.2) is 0 Å². The van der Waals surface area contributed by atoms with Crippen molar-refractivity contribution >= 4 is 11.9 Å². The number of amides is 1. The Balaban J connectivity index is 2.66. The molecule has 1 saturated heterocycles. The summed E-state index contributed by atoms with van der Waals surface area (Å²) in [7, 11) is 1.29. The third kappa shape index (κ3) is 1.48. The predicted octanol–water partition coefficient (Wildman–Crippen LogP) is -0.565. The maximum Gasteiger partial charge on any atom is 0.307 e. The number of esters is 1. The van der Waals surface area contributed by atoms with Crippen molar-refractivity contribution in [2.24, 2.45) is 5.41 Å². The van der Waals surface area contributed by atoms with Crippen molar-refractivity contribution in [2.45, 2.75) is 32.4 Å². The number of aliphatic hydroxyl groups is 1. The summed E-state index contributed by atoms with van der Waals surface area (Å²) in [5.74, 6) is -0.608. The van der Waals surface area contributed by atoms with E-state index in [4.69, 9.17) is 0 Å². The number of nitrogens with one attached hydrogen (secondary N) is 1. The number of β-lactam (4-membered cyclic amide) rings is 1. The molecule has 0 spiro atoms. The topological polar surface area (TPSA) is 75.6 Å². The first kappa shape index (κ1) is 11.0. The van der Waals surface area contributed by atoms with Crippen LogP contribution in [0.5, 0.6) is 0 Å². The summed E-state index contributed by atoms with van der Waals surface area (Å²) in [5, 5.41) is 12.0. The fourth-order valence-electron chi connectivity index (χ4n) is 1.54. The van der Waals surface area contributed by atoms with Crippen LogP contribution in [0.2, 0.25) is 0 Å².